The maximum atomic E-state index is 13.5. The van der Waals surface area contributed by atoms with E-state index in [0.717, 1.165) is 49.9 Å². The molecular weight excluding hydrogens is 425 g/mol. The van der Waals surface area contributed by atoms with Gasteiger partial charge in [-0.1, -0.05) is 43.5 Å². The van der Waals surface area contributed by atoms with Crippen LogP contribution in [0.2, 0.25) is 0 Å². The third-order valence-electron chi connectivity index (χ3n) is 6.59. The second-order valence-electron chi connectivity index (χ2n) is 8.85. The summed E-state index contributed by atoms with van der Waals surface area (Å²) in [5.74, 6) is -0.209. The number of aromatic nitrogens is 1. The van der Waals surface area contributed by atoms with Crippen LogP contribution in [0.15, 0.2) is 66.9 Å². The molecule has 3 aromatic rings. The van der Waals surface area contributed by atoms with E-state index in [4.69, 9.17) is 0 Å². The lowest BCUT2D eigenvalue weighted by molar-refractivity contribution is -0.137. The molecule has 0 radical (unpaired) electrons. The molecule has 1 aliphatic rings. The van der Waals surface area contributed by atoms with Crippen LogP contribution < -0.4 is 0 Å². The molecule has 1 fully saturated rings. The van der Waals surface area contributed by atoms with Gasteiger partial charge in [0.05, 0.1) is 12.1 Å². The lowest BCUT2D eigenvalue weighted by Crippen LogP contribution is -2.41. The van der Waals surface area contributed by atoms with Crippen LogP contribution in [0.25, 0.3) is 0 Å². The smallest absolute Gasteiger partial charge is 0.345 e. The van der Waals surface area contributed by atoms with E-state index in [2.05, 4.69) is 23.6 Å². The quantitative estimate of drug-likeness (QED) is 0.400. The molecule has 2 aromatic carbocycles. The standard InChI is InChI=1S/C27H29F3N2O/c1-20-8-5-6-9-22(20)18-31-17-7-12-25(31)19-32(24-10-3-2-4-11-24)26(33)21-13-15-23(16-14-21)27(28,29)30/h5-9,12-17,24H,2-4,10-11,18-19H2,1H3. The summed E-state index contributed by atoms with van der Waals surface area (Å²) in [5, 5.41) is 0. The average Bonchev–Trinajstić information content (AvgIpc) is 3.25. The van der Waals surface area contributed by atoms with Gasteiger partial charge in [-0.25, -0.2) is 0 Å². The maximum Gasteiger partial charge on any atom is 0.416 e. The van der Waals surface area contributed by atoms with Crippen molar-refractivity contribution in [1.29, 1.82) is 0 Å². The summed E-state index contributed by atoms with van der Waals surface area (Å²) in [7, 11) is 0. The summed E-state index contributed by atoms with van der Waals surface area (Å²) >= 11 is 0. The van der Waals surface area contributed by atoms with Gasteiger partial charge in [0.25, 0.3) is 5.91 Å². The Kier molecular flexibility index (Phi) is 6.91. The highest BCUT2D eigenvalue weighted by Crippen LogP contribution is 2.30. The first-order valence-electron chi connectivity index (χ1n) is 11.5. The molecule has 1 heterocycles. The second kappa shape index (κ2) is 9.86. The van der Waals surface area contributed by atoms with E-state index < -0.39 is 11.7 Å². The van der Waals surface area contributed by atoms with Crippen LogP contribution in [-0.4, -0.2) is 21.4 Å². The van der Waals surface area contributed by atoms with Crippen molar-refractivity contribution in [1.82, 2.24) is 9.47 Å². The molecule has 6 heteroatoms. The zero-order valence-corrected chi connectivity index (χ0v) is 18.8. The highest BCUT2D eigenvalue weighted by Gasteiger charge is 2.31. The van der Waals surface area contributed by atoms with Gasteiger partial charge in [-0.15, -0.1) is 0 Å². The molecule has 0 spiro atoms. The molecule has 3 nitrogen and oxygen atoms in total. The monoisotopic (exact) mass is 454 g/mol. The van der Waals surface area contributed by atoms with Crippen molar-refractivity contribution in [3.8, 4) is 0 Å². The Morgan fingerprint density at radius 3 is 2.33 bits per heavy atom. The van der Waals surface area contributed by atoms with Gasteiger partial charge in [0.2, 0.25) is 0 Å². The number of nitrogens with zero attached hydrogens (tertiary/aromatic N) is 2. The molecule has 0 atom stereocenters. The molecule has 0 saturated heterocycles. The fourth-order valence-corrected chi connectivity index (χ4v) is 4.62. The van der Waals surface area contributed by atoms with Crippen molar-refractivity contribution in [3.05, 3.63) is 94.8 Å². The number of carbonyl (C=O) groups is 1. The topological polar surface area (TPSA) is 25.2 Å². The van der Waals surface area contributed by atoms with Crippen LogP contribution >= 0.6 is 0 Å². The van der Waals surface area contributed by atoms with Crippen LogP contribution in [0, 0.1) is 6.92 Å². The van der Waals surface area contributed by atoms with Crippen LogP contribution in [0.5, 0.6) is 0 Å². The third-order valence-corrected chi connectivity index (χ3v) is 6.59. The van der Waals surface area contributed by atoms with Crippen molar-refractivity contribution in [3.63, 3.8) is 0 Å². The molecule has 33 heavy (non-hydrogen) atoms. The first-order chi connectivity index (χ1) is 15.8. The first-order valence-corrected chi connectivity index (χ1v) is 11.5. The minimum absolute atomic E-state index is 0.0929. The van der Waals surface area contributed by atoms with Gasteiger partial charge in [-0.05, 0) is 67.3 Å². The van der Waals surface area contributed by atoms with E-state index in [1.165, 1.54) is 23.3 Å². The van der Waals surface area contributed by atoms with Gasteiger partial charge < -0.3 is 9.47 Å². The Morgan fingerprint density at radius 2 is 1.67 bits per heavy atom. The molecular formula is C27H29F3N2O. The highest BCUT2D eigenvalue weighted by molar-refractivity contribution is 5.94. The van der Waals surface area contributed by atoms with Crippen molar-refractivity contribution < 1.29 is 18.0 Å². The number of rotatable bonds is 6. The van der Waals surface area contributed by atoms with Crippen LogP contribution in [0.3, 0.4) is 0 Å². The molecule has 174 valence electrons. The Labute approximate surface area is 192 Å². The van der Waals surface area contributed by atoms with Crippen LogP contribution in [0.4, 0.5) is 13.2 Å². The number of carbonyl (C=O) groups excluding carboxylic acids is 1. The predicted octanol–water partition coefficient (Wildman–Crippen LogP) is 6.84. The predicted molar refractivity (Wildman–Crippen MR) is 123 cm³/mol. The van der Waals surface area contributed by atoms with Gasteiger partial charge >= 0.3 is 6.18 Å². The number of amides is 1. The molecule has 1 aromatic heterocycles. The zero-order chi connectivity index (χ0) is 23.4. The number of alkyl halides is 3. The third kappa shape index (κ3) is 5.49. The highest BCUT2D eigenvalue weighted by atomic mass is 19.4. The van der Waals surface area contributed by atoms with Gasteiger partial charge in [0, 0.05) is 30.0 Å². The average molecular weight is 455 g/mol. The molecule has 1 amide bonds. The molecule has 0 unspecified atom stereocenters. The van der Waals surface area contributed by atoms with Crippen molar-refractivity contribution in [2.75, 3.05) is 0 Å². The van der Waals surface area contributed by atoms with E-state index >= 15 is 0 Å². The summed E-state index contributed by atoms with van der Waals surface area (Å²) in [4.78, 5) is 15.4. The number of aryl methyl sites for hydroxylation is 1. The van der Waals surface area contributed by atoms with Gasteiger partial charge in [0.15, 0.2) is 0 Å². The number of hydrogen-bond acceptors (Lipinski definition) is 1. The summed E-state index contributed by atoms with van der Waals surface area (Å²) in [5.41, 5.74) is 3.00. The maximum absolute atomic E-state index is 13.5. The second-order valence-corrected chi connectivity index (χ2v) is 8.85. The number of hydrogen-bond donors (Lipinski definition) is 0. The summed E-state index contributed by atoms with van der Waals surface area (Å²) in [6.07, 6.45) is 2.72. The Balaban J connectivity index is 1.59. The Hall–Kier alpha value is -3.02. The summed E-state index contributed by atoms with van der Waals surface area (Å²) in [6, 6.07) is 16.9. The number of benzene rings is 2. The Morgan fingerprint density at radius 1 is 0.970 bits per heavy atom. The summed E-state index contributed by atoms with van der Waals surface area (Å²) < 4.78 is 41.1. The minimum atomic E-state index is -4.42. The van der Waals surface area contributed by atoms with Crippen molar-refractivity contribution in [2.24, 2.45) is 0 Å². The van der Waals surface area contributed by atoms with E-state index in [1.54, 1.807) is 0 Å². The lowest BCUT2D eigenvalue weighted by Gasteiger charge is -2.35. The van der Waals surface area contributed by atoms with E-state index in [0.29, 0.717) is 18.7 Å². The molecule has 1 aliphatic carbocycles. The fourth-order valence-electron chi connectivity index (χ4n) is 4.62. The zero-order valence-electron chi connectivity index (χ0n) is 18.8. The normalized spacial score (nSPS) is 14.9. The Bertz CT molecular complexity index is 1080. The van der Waals surface area contributed by atoms with Gasteiger partial charge in [-0.3, -0.25) is 4.79 Å². The molecule has 0 aliphatic heterocycles. The molecule has 0 bridgehead atoms. The van der Waals surface area contributed by atoms with Crippen LogP contribution in [-0.2, 0) is 19.3 Å². The number of halogens is 3. The van der Waals surface area contributed by atoms with Crippen molar-refractivity contribution in [2.45, 2.75) is 64.3 Å². The van der Waals surface area contributed by atoms with Crippen molar-refractivity contribution >= 4 is 5.91 Å². The lowest BCUT2D eigenvalue weighted by atomic mass is 9.93. The SMILES string of the molecule is Cc1ccccc1Cn1cccc1CN(C(=O)c1ccc(C(F)(F)F)cc1)C1CCCCC1. The van der Waals surface area contributed by atoms with E-state index in [-0.39, 0.29) is 11.9 Å². The molecule has 4 rings (SSSR count). The van der Waals surface area contributed by atoms with Crippen LogP contribution in [0.1, 0.15) is 64.8 Å². The minimum Gasteiger partial charge on any atom is -0.345 e. The van der Waals surface area contributed by atoms with Gasteiger partial charge in [0.1, 0.15) is 0 Å². The molecule has 0 N–H and O–H groups in total. The summed E-state index contributed by atoms with van der Waals surface area (Å²) in [6.45, 7) is 3.23. The van der Waals surface area contributed by atoms with E-state index in [1.807, 2.05) is 35.4 Å². The van der Waals surface area contributed by atoms with Gasteiger partial charge in [-0.2, -0.15) is 13.2 Å². The first kappa shape index (κ1) is 23.1. The fraction of sp³-hybridized carbons (Fsp3) is 0.370. The largest absolute Gasteiger partial charge is 0.416 e. The van der Waals surface area contributed by atoms with E-state index in [9.17, 15) is 18.0 Å². The molecule has 1 saturated carbocycles.